The van der Waals surface area contributed by atoms with Gasteiger partial charge in [0.15, 0.2) is 5.58 Å². The fraction of sp³-hybridized carbons (Fsp3) is 0.250. The van der Waals surface area contributed by atoms with Crippen LogP contribution in [0, 0.1) is 11.6 Å². The van der Waals surface area contributed by atoms with Crippen molar-refractivity contribution in [2.45, 2.75) is 38.0 Å². The minimum Gasteiger partial charge on any atom is -0.356 e. The monoisotopic (exact) mass is 533 g/mol. The van der Waals surface area contributed by atoms with Gasteiger partial charge in [-0.15, -0.1) is 0 Å². The molecule has 4 rings (SSSR count). The Morgan fingerprint density at radius 3 is 2.64 bits per heavy atom. The number of benzene rings is 2. The first-order valence-electron chi connectivity index (χ1n) is 10.3. The van der Waals surface area contributed by atoms with Gasteiger partial charge in [0.2, 0.25) is 0 Å². The maximum absolute atomic E-state index is 14.6. The van der Waals surface area contributed by atoms with E-state index < -0.39 is 33.4 Å². The first-order valence-corrected chi connectivity index (χ1v) is 12.2. The van der Waals surface area contributed by atoms with Gasteiger partial charge in [0, 0.05) is 23.4 Å². The normalized spacial score (nSPS) is 13.9. The van der Waals surface area contributed by atoms with E-state index in [1.165, 1.54) is 24.3 Å². The summed E-state index contributed by atoms with van der Waals surface area (Å²) in [6.45, 7) is 5.57. The second-order valence-corrected chi connectivity index (χ2v) is 11.4. The van der Waals surface area contributed by atoms with Crippen LogP contribution in [0.1, 0.15) is 38.1 Å². The molecule has 2 aromatic carbocycles. The Balaban J connectivity index is 1.83. The van der Waals surface area contributed by atoms with Crippen molar-refractivity contribution in [3.63, 3.8) is 0 Å². The SMILES string of the molecule is CC(C)(C)S(=O)NC(Cc1nc(Br)ccc1F)c1ccccc1-c1noc2cc(F)ccc12. The molecule has 2 unspecified atom stereocenters. The van der Waals surface area contributed by atoms with Crippen molar-refractivity contribution in [1.82, 2.24) is 14.9 Å². The molecule has 0 bridgehead atoms. The summed E-state index contributed by atoms with van der Waals surface area (Å²) in [5.74, 6) is -0.874. The quantitative estimate of drug-likeness (QED) is 0.297. The summed E-state index contributed by atoms with van der Waals surface area (Å²) < 4.78 is 49.8. The number of nitrogens with one attached hydrogen (secondary N) is 1. The van der Waals surface area contributed by atoms with Crippen molar-refractivity contribution in [3.8, 4) is 11.3 Å². The molecule has 1 N–H and O–H groups in total. The van der Waals surface area contributed by atoms with Crippen molar-refractivity contribution in [2.75, 3.05) is 0 Å². The number of fused-ring (bicyclic) bond motifs is 1. The lowest BCUT2D eigenvalue weighted by atomic mass is 9.94. The molecule has 2 heterocycles. The zero-order valence-electron chi connectivity index (χ0n) is 18.2. The highest BCUT2D eigenvalue weighted by Gasteiger charge is 2.27. The van der Waals surface area contributed by atoms with Crippen LogP contribution in [0.2, 0.25) is 0 Å². The highest BCUT2D eigenvalue weighted by Crippen LogP contribution is 2.35. The van der Waals surface area contributed by atoms with Gasteiger partial charge in [-0.2, -0.15) is 0 Å². The molecule has 0 aliphatic carbocycles. The molecule has 4 aromatic rings. The highest BCUT2D eigenvalue weighted by molar-refractivity contribution is 9.10. The molecule has 0 aliphatic heterocycles. The van der Waals surface area contributed by atoms with Crippen molar-refractivity contribution >= 4 is 37.9 Å². The van der Waals surface area contributed by atoms with E-state index in [-0.39, 0.29) is 12.1 Å². The Hall–Kier alpha value is -2.49. The predicted octanol–water partition coefficient (Wildman–Crippen LogP) is 6.27. The van der Waals surface area contributed by atoms with Crippen LogP contribution in [0.4, 0.5) is 8.78 Å². The van der Waals surface area contributed by atoms with Gasteiger partial charge in [-0.25, -0.2) is 22.7 Å². The molecule has 0 saturated heterocycles. The summed E-state index contributed by atoms with van der Waals surface area (Å²) in [6, 6.07) is 14.0. The van der Waals surface area contributed by atoms with Gasteiger partial charge in [-0.3, -0.25) is 0 Å². The molecule has 172 valence electrons. The Bertz CT molecular complexity index is 1340. The van der Waals surface area contributed by atoms with Gasteiger partial charge < -0.3 is 4.52 Å². The molecule has 33 heavy (non-hydrogen) atoms. The van der Waals surface area contributed by atoms with Crippen LogP contribution in [0.15, 0.2) is 63.7 Å². The average molecular weight is 534 g/mol. The molecule has 0 saturated carbocycles. The van der Waals surface area contributed by atoms with Crippen LogP contribution in [0.25, 0.3) is 22.2 Å². The number of nitrogens with zero attached hydrogens (tertiary/aromatic N) is 2. The number of aromatic nitrogens is 2. The van der Waals surface area contributed by atoms with Crippen molar-refractivity contribution in [1.29, 1.82) is 0 Å². The van der Waals surface area contributed by atoms with Crippen molar-refractivity contribution < 1.29 is 17.5 Å². The van der Waals surface area contributed by atoms with Gasteiger partial charge in [0.1, 0.15) is 21.9 Å². The molecule has 0 radical (unpaired) electrons. The van der Waals surface area contributed by atoms with Crippen LogP contribution in [-0.4, -0.2) is 19.1 Å². The highest BCUT2D eigenvalue weighted by atomic mass is 79.9. The molecule has 0 spiro atoms. The molecule has 0 amide bonds. The van der Waals surface area contributed by atoms with E-state index in [1.54, 1.807) is 6.07 Å². The van der Waals surface area contributed by atoms with Crippen LogP contribution in [-0.2, 0) is 17.4 Å². The van der Waals surface area contributed by atoms with Crippen LogP contribution in [0.5, 0.6) is 0 Å². The van der Waals surface area contributed by atoms with Gasteiger partial charge in [-0.05, 0) is 66.5 Å². The largest absolute Gasteiger partial charge is 0.356 e. The third-order valence-electron chi connectivity index (χ3n) is 5.11. The van der Waals surface area contributed by atoms with E-state index in [1.807, 2.05) is 45.0 Å². The lowest BCUT2D eigenvalue weighted by Crippen LogP contribution is -2.37. The number of halogens is 3. The van der Waals surface area contributed by atoms with Crippen LogP contribution >= 0.6 is 15.9 Å². The lowest BCUT2D eigenvalue weighted by molar-refractivity contribution is 0.457. The predicted molar refractivity (Wildman–Crippen MR) is 129 cm³/mol. The standard InChI is InChI=1S/C24H22BrF2N3O2S/c1-24(2,3)33(31)30-19(13-20-18(27)10-11-22(25)28-20)15-6-4-5-7-16(15)23-17-9-8-14(26)12-21(17)32-29-23/h4-12,19,30H,13H2,1-3H3. The number of rotatable bonds is 6. The smallest absolute Gasteiger partial charge is 0.170 e. The molecule has 9 heteroatoms. The summed E-state index contributed by atoms with van der Waals surface area (Å²) >= 11 is 3.29. The van der Waals surface area contributed by atoms with Crippen molar-refractivity contribution in [2.24, 2.45) is 0 Å². The molecule has 2 aromatic heterocycles. The zero-order valence-corrected chi connectivity index (χ0v) is 20.6. The minimum absolute atomic E-state index is 0.147. The maximum atomic E-state index is 14.6. The van der Waals surface area contributed by atoms with Gasteiger partial charge >= 0.3 is 0 Å². The Kier molecular flexibility index (Phi) is 6.74. The summed E-state index contributed by atoms with van der Waals surface area (Å²) in [5, 5.41) is 4.82. The van der Waals surface area contributed by atoms with Crippen molar-refractivity contribution in [3.05, 3.63) is 82.1 Å². The average Bonchev–Trinajstić information content (AvgIpc) is 3.18. The van der Waals surface area contributed by atoms with Crippen LogP contribution in [0.3, 0.4) is 0 Å². The van der Waals surface area contributed by atoms with Gasteiger partial charge in [-0.1, -0.05) is 29.4 Å². The van der Waals surface area contributed by atoms with Gasteiger partial charge in [0.25, 0.3) is 0 Å². The third-order valence-corrected chi connectivity index (χ3v) is 7.17. The van der Waals surface area contributed by atoms with E-state index in [4.69, 9.17) is 4.52 Å². The van der Waals surface area contributed by atoms with Gasteiger partial charge in [0.05, 0.1) is 27.5 Å². The molecule has 2 atom stereocenters. The second kappa shape index (κ2) is 9.40. The summed E-state index contributed by atoms with van der Waals surface area (Å²) in [6.07, 6.45) is 0.147. The lowest BCUT2D eigenvalue weighted by Gasteiger charge is -2.26. The molecular weight excluding hydrogens is 512 g/mol. The fourth-order valence-electron chi connectivity index (χ4n) is 3.44. The first-order chi connectivity index (χ1) is 15.6. The van der Waals surface area contributed by atoms with E-state index >= 15 is 0 Å². The Morgan fingerprint density at radius 1 is 1.12 bits per heavy atom. The number of hydrogen-bond acceptors (Lipinski definition) is 4. The Morgan fingerprint density at radius 2 is 1.88 bits per heavy atom. The third kappa shape index (κ3) is 5.20. The molecule has 0 aliphatic rings. The molecule has 5 nitrogen and oxygen atoms in total. The van der Waals surface area contributed by atoms with E-state index in [9.17, 15) is 13.0 Å². The minimum atomic E-state index is -1.44. The van der Waals surface area contributed by atoms with Crippen LogP contribution < -0.4 is 4.72 Å². The summed E-state index contributed by atoms with van der Waals surface area (Å²) in [4.78, 5) is 4.29. The zero-order chi connectivity index (χ0) is 23.8. The number of hydrogen-bond donors (Lipinski definition) is 1. The van der Waals surface area contributed by atoms with E-state index in [0.29, 0.717) is 26.8 Å². The topological polar surface area (TPSA) is 68.0 Å². The Labute approximate surface area is 201 Å². The molecule has 0 fully saturated rings. The first kappa shape index (κ1) is 23.7. The second-order valence-electron chi connectivity index (χ2n) is 8.58. The number of pyridine rings is 1. The van der Waals surface area contributed by atoms with E-state index in [2.05, 4.69) is 30.8 Å². The summed E-state index contributed by atoms with van der Waals surface area (Å²) in [7, 11) is -1.44. The fourth-order valence-corrected chi connectivity index (χ4v) is 4.61. The van der Waals surface area contributed by atoms with E-state index in [0.717, 1.165) is 5.56 Å². The molecular formula is C24H22BrF2N3O2S. The maximum Gasteiger partial charge on any atom is 0.170 e. The summed E-state index contributed by atoms with van der Waals surface area (Å²) in [5.41, 5.74) is 2.53.